The van der Waals surface area contributed by atoms with E-state index in [1.54, 1.807) is 0 Å². The summed E-state index contributed by atoms with van der Waals surface area (Å²) in [6, 6.07) is 0. The number of carbonyl (C=O) groups excluding carboxylic acids is 2. The number of Topliss-reactive ketones (excluding diaryl/α,β-unsaturated/α-hetero) is 1. The smallest absolute Gasteiger partial charge is 0.303 e. The maximum absolute atomic E-state index is 12.2. The van der Waals surface area contributed by atoms with Gasteiger partial charge in [0.2, 0.25) is 0 Å². The summed E-state index contributed by atoms with van der Waals surface area (Å²) in [5, 5.41) is 0. The van der Waals surface area contributed by atoms with E-state index in [0.717, 1.165) is 18.8 Å². The number of allylic oxidation sites excluding steroid dienone is 1. The highest BCUT2D eigenvalue weighted by atomic mass is 28.3. The Labute approximate surface area is 162 Å². The van der Waals surface area contributed by atoms with Gasteiger partial charge in [0.05, 0.1) is 6.61 Å². The Hall–Kier alpha value is -0.943. The number of ether oxygens (including phenoxy) is 1. The standard InChI is InChI=1S/C21H40O4Si/c1-16(10-9-11-17(2)14-21(4,5)6)12-13-20(25-18(3)22)19(23)15-24-26(7)8/h12,17,20,26H,9-11,13-15H2,1-8H3/t17-,20?/m0/s1. The second-order valence-corrected chi connectivity index (χ2v) is 11.4. The van der Waals surface area contributed by atoms with Crippen LogP contribution in [-0.4, -0.2) is 33.5 Å². The van der Waals surface area contributed by atoms with Crippen molar-refractivity contribution in [2.24, 2.45) is 11.3 Å². The van der Waals surface area contributed by atoms with Crippen molar-refractivity contribution >= 4 is 20.8 Å². The van der Waals surface area contributed by atoms with Crippen molar-refractivity contribution in [3.8, 4) is 0 Å². The molecule has 0 aromatic heterocycles. The van der Waals surface area contributed by atoms with Crippen LogP contribution in [0.2, 0.25) is 13.1 Å². The van der Waals surface area contributed by atoms with Crippen molar-refractivity contribution in [1.82, 2.24) is 0 Å². The SMILES string of the molecule is CC(=O)OC(CC=C(C)CCC[C@H](C)CC(C)(C)C)C(=O)CO[SiH](C)C. The third-order valence-electron chi connectivity index (χ3n) is 4.14. The van der Waals surface area contributed by atoms with E-state index in [1.807, 2.05) is 19.2 Å². The first-order valence-corrected chi connectivity index (χ1v) is 12.7. The lowest BCUT2D eigenvalue weighted by Crippen LogP contribution is -2.31. The van der Waals surface area contributed by atoms with Crippen LogP contribution < -0.4 is 0 Å². The zero-order chi connectivity index (χ0) is 20.3. The summed E-state index contributed by atoms with van der Waals surface area (Å²) in [6.07, 6.45) is 6.35. The molecule has 0 amide bonds. The maximum atomic E-state index is 12.2. The molecule has 0 fully saturated rings. The molecule has 5 heteroatoms. The molecule has 2 atom stereocenters. The van der Waals surface area contributed by atoms with Crippen LogP contribution in [0.3, 0.4) is 0 Å². The Bertz CT molecular complexity index is 463. The van der Waals surface area contributed by atoms with E-state index in [1.165, 1.54) is 25.3 Å². The van der Waals surface area contributed by atoms with Crippen molar-refractivity contribution in [2.75, 3.05) is 6.61 Å². The third kappa shape index (κ3) is 14.2. The van der Waals surface area contributed by atoms with Crippen LogP contribution in [0.5, 0.6) is 0 Å². The molecule has 152 valence electrons. The second-order valence-electron chi connectivity index (χ2n) is 8.97. The summed E-state index contributed by atoms with van der Waals surface area (Å²) < 4.78 is 10.7. The Morgan fingerprint density at radius 3 is 2.27 bits per heavy atom. The van der Waals surface area contributed by atoms with Crippen LogP contribution in [0.15, 0.2) is 11.6 Å². The molecule has 0 saturated heterocycles. The van der Waals surface area contributed by atoms with Crippen LogP contribution in [0.25, 0.3) is 0 Å². The van der Waals surface area contributed by atoms with Gasteiger partial charge in [-0.15, -0.1) is 0 Å². The lowest BCUT2D eigenvalue weighted by Gasteiger charge is -2.23. The van der Waals surface area contributed by atoms with Crippen molar-refractivity contribution in [3.05, 3.63) is 11.6 Å². The fraction of sp³-hybridized carbons (Fsp3) is 0.810. The van der Waals surface area contributed by atoms with Crippen molar-refractivity contribution in [1.29, 1.82) is 0 Å². The molecule has 0 rings (SSSR count). The zero-order valence-corrected chi connectivity index (χ0v) is 19.3. The molecule has 0 N–H and O–H groups in total. The Morgan fingerprint density at radius 2 is 1.77 bits per heavy atom. The van der Waals surface area contributed by atoms with Crippen LogP contribution in [0, 0.1) is 11.3 Å². The maximum Gasteiger partial charge on any atom is 0.303 e. The van der Waals surface area contributed by atoms with Gasteiger partial charge in [-0.2, -0.15) is 0 Å². The highest BCUT2D eigenvalue weighted by Gasteiger charge is 2.21. The minimum Gasteiger partial charge on any atom is -0.454 e. The predicted molar refractivity (Wildman–Crippen MR) is 111 cm³/mol. The van der Waals surface area contributed by atoms with Gasteiger partial charge in [0.15, 0.2) is 20.9 Å². The van der Waals surface area contributed by atoms with Gasteiger partial charge in [-0.05, 0) is 50.6 Å². The van der Waals surface area contributed by atoms with Gasteiger partial charge in [0.1, 0.15) is 0 Å². The lowest BCUT2D eigenvalue weighted by molar-refractivity contribution is -0.153. The molecule has 1 unspecified atom stereocenters. The predicted octanol–water partition coefficient (Wildman–Crippen LogP) is 5.07. The molecule has 0 aliphatic heterocycles. The first kappa shape index (κ1) is 25.1. The molecule has 0 heterocycles. The minimum atomic E-state index is -1.26. The van der Waals surface area contributed by atoms with Gasteiger partial charge in [-0.1, -0.05) is 45.8 Å². The molecule has 0 spiro atoms. The summed E-state index contributed by atoms with van der Waals surface area (Å²) in [5.74, 6) is 0.145. The van der Waals surface area contributed by atoms with Gasteiger partial charge in [0, 0.05) is 13.3 Å². The number of hydrogen-bond acceptors (Lipinski definition) is 4. The first-order chi connectivity index (χ1) is 11.9. The quantitative estimate of drug-likeness (QED) is 0.268. The molecule has 4 nitrogen and oxygen atoms in total. The van der Waals surface area contributed by atoms with E-state index in [9.17, 15) is 9.59 Å². The normalized spacial score (nSPS) is 15.0. The molecule has 0 radical (unpaired) electrons. The van der Waals surface area contributed by atoms with Crippen molar-refractivity contribution in [2.45, 2.75) is 92.8 Å². The minimum absolute atomic E-state index is 0.0407. The Balaban J connectivity index is 4.44. The molecular formula is C21H40O4Si. The molecule has 0 aromatic rings. The fourth-order valence-electron chi connectivity index (χ4n) is 3.07. The van der Waals surface area contributed by atoms with Crippen molar-refractivity contribution < 1.29 is 18.8 Å². The van der Waals surface area contributed by atoms with Crippen LogP contribution in [0.1, 0.15) is 73.6 Å². The van der Waals surface area contributed by atoms with E-state index in [0.29, 0.717) is 11.8 Å². The second kappa shape index (κ2) is 12.4. The molecule has 0 saturated carbocycles. The monoisotopic (exact) mass is 384 g/mol. The summed E-state index contributed by atoms with van der Waals surface area (Å²) in [5.41, 5.74) is 1.63. The Morgan fingerprint density at radius 1 is 1.15 bits per heavy atom. The summed E-state index contributed by atoms with van der Waals surface area (Å²) in [7, 11) is -1.26. The average molecular weight is 385 g/mol. The Kier molecular flexibility index (Phi) is 12.0. The molecule has 26 heavy (non-hydrogen) atoms. The number of ketones is 1. The van der Waals surface area contributed by atoms with Gasteiger partial charge >= 0.3 is 5.97 Å². The van der Waals surface area contributed by atoms with Crippen LogP contribution in [0.4, 0.5) is 0 Å². The first-order valence-electron chi connectivity index (χ1n) is 9.88. The zero-order valence-electron chi connectivity index (χ0n) is 18.2. The lowest BCUT2D eigenvalue weighted by atomic mass is 9.83. The average Bonchev–Trinajstić information content (AvgIpc) is 2.46. The van der Waals surface area contributed by atoms with Crippen LogP contribution >= 0.6 is 0 Å². The van der Waals surface area contributed by atoms with Gasteiger partial charge in [-0.3, -0.25) is 9.59 Å². The number of carbonyl (C=O) groups is 2. The third-order valence-corrected chi connectivity index (χ3v) is 4.97. The fourth-order valence-corrected chi connectivity index (χ4v) is 3.57. The number of rotatable bonds is 12. The summed E-state index contributed by atoms with van der Waals surface area (Å²) >= 11 is 0. The van der Waals surface area contributed by atoms with Crippen LogP contribution in [-0.2, 0) is 18.8 Å². The van der Waals surface area contributed by atoms with E-state index in [2.05, 4.69) is 34.6 Å². The largest absolute Gasteiger partial charge is 0.454 e. The number of hydrogen-bond donors (Lipinski definition) is 0. The van der Waals surface area contributed by atoms with E-state index < -0.39 is 21.1 Å². The van der Waals surface area contributed by atoms with Gasteiger partial charge in [-0.25, -0.2) is 0 Å². The highest BCUT2D eigenvalue weighted by Crippen LogP contribution is 2.27. The molecule has 0 aliphatic rings. The highest BCUT2D eigenvalue weighted by molar-refractivity contribution is 6.48. The van der Waals surface area contributed by atoms with Crippen molar-refractivity contribution in [3.63, 3.8) is 0 Å². The topological polar surface area (TPSA) is 52.6 Å². The molecule has 0 bridgehead atoms. The summed E-state index contributed by atoms with van der Waals surface area (Å²) in [4.78, 5) is 23.5. The van der Waals surface area contributed by atoms with Gasteiger partial charge in [0.25, 0.3) is 0 Å². The molecular weight excluding hydrogens is 344 g/mol. The van der Waals surface area contributed by atoms with Gasteiger partial charge < -0.3 is 9.16 Å². The number of esters is 1. The molecule has 0 aromatic carbocycles. The van der Waals surface area contributed by atoms with E-state index >= 15 is 0 Å². The summed E-state index contributed by atoms with van der Waals surface area (Å²) in [6.45, 7) is 16.7. The van der Waals surface area contributed by atoms with E-state index in [-0.39, 0.29) is 12.4 Å². The molecule has 0 aliphatic carbocycles. The van der Waals surface area contributed by atoms with E-state index in [4.69, 9.17) is 9.16 Å².